The minimum atomic E-state index is -0.988. The van der Waals surface area contributed by atoms with Gasteiger partial charge >= 0.3 is 5.97 Å². The summed E-state index contributed by atoms with van der Waals surface area (Å²) in [5.74, 6) is -0.988. The van der Waals surface area contributed by atoms with E-state index in [9.17, 15) is 9.90 Å². The smallest absolute Gasteiger partial charge is 0.356 e. The highest BCUT2D eigenvalue weighted by Gasteiger charge is 2.19. The summed E-state index contributed by atoms with van der Waals surface area (Å²) in [5, 5.41) is 9.97. The number of rotatable bonds is 3. The summed E-state index contributed by atoms with van der Waals surface area (Å²) in [6, 6.07) is 5.96. The van der Waals surface area contributed by atoms with E-state index in [2.05, 4.69) is 4.98 Å². The molecule has 0 saturated heterocycles. The molecule has 1 aromatic carbocycles. The van der Waals surface area contributed by atoms with Crippen molar-refractivity contribution in [2.75, 3.05) is 19.0 Å². The van der Waals surface area contributed by atoms with Gasteiger partial charge in [0, 0.05) is 14.1 Å². The van der Waals surface area contributed by atoms with Crippen LogP contribution < -0.4 is 4.90 Å². The molecule has 0 aliphatic rings. The largest absolute Gasteiger partial charge is 0.476 e. The number of hydrogen-bond acceptors (Lipinski definition) is 4. The zero-order chi connectivity index (χ0) is 14.2. The van der Waals surface area contributed by atoms with Gasteiger partial charge in [0.05, 0.1) is 4.88 Å². The number of hydrogen-bond donors (Lipinski definition) is 1. The second-order valence-corrected chi connectivity index (χ2v) is 5.65. The fraction of sp³-hybridized carbons (Fsp3) is 0.286. The summed E-state index contributed by atoms with van der Waals surface area (Å²) in [4.78, 5) is 18.0. The molecule has 19 heavy (non-hydrogen) atoms. The van der Waals surface area contributed by atoms with E-state index < -0.39 is 5.97 Å². The molecule has 0 radical (unpaired) electrons. The standard InChI is InChI=1S/C14H16N2O2S/c1-8-5-6-10(7-9(8)2)12-11(13(17)18)15-14(19-12)16(3)4/h5-7H,1-4H3,(H,17,18). The van der Waals surface area contributed by atoms with E-state index >= 15 is 0 Å². The lowest BCUT2D eigenvalue weighted by molar-refractivity contribution is 0.0692. The lowest BCUT2D eigenvalue weighted by Crippen LogP contribution is -2.08. The normalized spacial score (nSPS) is 10.5. The molecule has 0 amide bonds. The van der Waals surface area contributed by atoms with Gasteiger partial charge in [0.2, 0.25) is 0 Å². The van der Waals surface area contributed by atoms with Crippen LogP contribution in [0.2, 0.25) is 0 Å². The van der Waals surface area contributed by atoms with Gasteiger partial charge in [0.15, 0.2) is 10.8 Å². The number of nitrogens with zero attached hydrogens (tertiary/aromatic N) is 2. The number of aryl methyl sites for hydroxylation is 2. The van der Waals surface area contributed by atoms with E-state index in [1.807, 2.05) is 51.0 Å². The first kappa shape index (κ1) is 13.5. The Morgan fingerprint density at radius 2 is 1.95 bits per heavy atom. The molecule has 1 aromatic heterocycles. The Hall–Kier alpha value is -1.88. The molecule has 5 heteroatoms. The molecule has 0 unspecified atom stereocenters. The SMILES string of the molecule is Cc1ccc(-c2sc(N(C)C)nc2C(=O)O)cc1C. The minimum Gasteiger partial charge on any atom is -0.476 e. The second kappa shape index (κ2) is 5.01. The number of carbonyl (C=O) groups is 1. The van der Waals surface area contributed by atoms with E-state index in [1.165, 1.54) is 16.9 Å². The van der Waals surface area contributed by atoms with Gasteiger partial charge in [0.25, 0.3) is 0 Å². The Morgan fingerprint density at radius 1 is 1.26 bits per heavy atom. The quantitative estimate of drug-likeness (QED) is 0.935. The van der Waals surface area contributed by atoms with Crippen molar-refractivity contribution in [3.05, 3.63) is 35.0 Å². The van der Waals surface area contributed by atoms with Crippen molar-refractivity contribution in [2.24, 2.45) is 0 Å². The number of carboxylic acids is 1. The van der Waals surface area contributed by atoms with Gasteiger partial charge in [-0.2, -0.15) is 0 Å². The summed E-state index contributed by atoms with van der Waals surface area (Å²) < 4.78 is 0. The van der Waals surface area contributed by atoms with Crippen LogP contribution in [0.4, 0.5) is 5.13 Å². The molecule has 4 nitrogen and oxygen atoms in total. The molecule has 1 N–H and O–H groups in total. The maximum Gasteiger partial charge on any atom is 0.356 e. The molecule has 0 bridgehead atoms. The van der Waals surface area contributed by atoms with Crippen molar-refractivity contribution in [1.29, 1.82) is 0 Å². The van der Waals surface area contributed by atoms with Crippen LogP contribution in [-0.4, -0.2) is 30.2 Å². The van der Waals surface area contributed by atoms with E-state index in [0.29, 0.717) is 10.0 Å². The van der Waals surface area contributed by atoms with Crippen molar-refractivity contribution in [1.82, 2.24) is 4.98 Å². The van der Waals surface area contributed by atoms with Crippen molar-refractivity contribution in [3.8, 4) is 10.4 Å². The van der Waals surface area contributed by atoms with Crippen molar-refractivity contribution in [3.63, 3.8) is 0 Å². The van der Waals surface area contributed by atoms with Crippen molar-refractivity contribution >= 4 is 22.4 Å². The first-order valence-corrected chi connectivity index (χ1v) is 6.71. The van der Waals surface area contributed by atoms with Crippen LogP contribution in [0.1, 0.15) is 21.6 Å². The third-order valence-electron chi connectivity index (χ3n) is 2.97. The number of aromatic carboxylic acids is 1. The third kappa shape index (κ3) is 2.61. The predicted molar refractivity (Wildman–Crippen MR) is 78.3 cm³/mol. The van der Waals surface area contributed by atoms with E-state index in [1.54, 1.807) is 0 Å². The van der Waals surface area contributed by atoms with Gasteiger partial charge in [-0.3, -0.25) is 0 Å². The first-order chi connectivity index (χ1) is 8.90. The average molecular weight is 276 g/mol. The van der Waals surface area contributed by atoms with Crippen LogP contribution >= 0.6 is 11.3 Å². The summed E-state index contributed by atoms with van der Waals surface area (Å²) in [7, 11) is 3.71. The van der Waals surface area contributed by atoms with Crippen LogP contribution in [0.15, 0.2) is 18.2 Å². The lowest BCUT2D eigenvalue weighted by atomic mass is 10.0. The van der Waals surface area contributed by atoms with Crippen LogP contribution in [0.25, 0.3) is 10.4 Å². The number of anilines is 1. The Morgan fingerprint density at radius 3 is 2.47 bits per heavy atom. The highest BCUT2D eigenvalue weighted by molar-refractivity contribution is 7.19. The molecule has 1 heterocycles. The molecule has 0 fully saturated rings. The van der Waals surface area contributed by atoms with E-state index in [4.69, 9.17) is 0 Å². The van der Waals surface area contributed by atoms with Gasteiger partial charge in [-0.25, -0.2) is 9.78 Å². The topological polar surface area (TPSA) is 53.4 Å². The fourth-order valence-corrected chi connectivity index (χ4v) is 2.70. The Bertz CT molecular complexity index is 632. The molecular weight excluding hydrogens is 260 g/mol. The van der Waals surface area contributed by atoms with Crippen LogP contribution in [-0.2, 0) is 0 Å². The molecule has 0 aliphatic carbocycles. The van der Waals surface area contributed by atoms with Crippen LogP contribution in [0.5, 0.6) is 0 Å². The second-order valence-electron chi connectivity index (χ2n) is 4.67. The third-order valence-corrected chi connectivity index (χ3v) is 4.24. The number of aromatic nitrogens is 1. The molecule has 0 saturated carbocycles. The molecule has 0 spiro atoms. The average Bonchev–Trinajstić information content (AvgIpc) is 2.78. The summed E-state index contributed by atoms with van der Waals surface area (Å²) in [5.41, 5.74) is 3.37. The molecule has 2 aromatic rings. The predicted octanol–water partition coefficient (Wildman–Crippen LogP) is 3.19. The molecule has 0 atom stereocenters. The van der Waals surface area contributed by atoms with Crippen molar-refractivity contribution < 1.29 is 9.90 Å². The molecular formula is C14H16N2O2S. The molecule has 2 rings (SSSR count). The van der Waals surface area contributed by atoms with Gasteiger partial charge in [0.1, 0.15) is 0 Å². The zero-order valence-electron chi connectivity index (χ0n) is 11.4. The molecule has 0 aliphatic heterocycles. The Labute approximate surface area is 116 Å². The highest BCUT2D eigenvalue weighted by atomic mass is 32.1. The zero-order valence-corrected chi connectivity index (χ0v) is 12.2. The van der Waals surface area contributed by atoms with Gasteiger partial charge < -0.3 is 10.0 Å². The van der Waals surface area contributed by atoms with Gasteiger partial charge in [-0.05, 0) is 30.5 Å². The van der Waals surface area contributed by atoms with Crippen LogP contribution in [0.3, 0.4) is 0 Å². The summed E-state index contributed by atoms with van der Waals surface area (Å²) in [6.07, 6.45) is 0. The van der Waals surface area contributed by atoms with E-state index in [-0.39, 0.29) is 5.69 Å². The lowest BCUT2D eigenvalue weighted by Gasteiger charge is -2.05. The Balaban J connectivity index is 2.59. The highest BCUT2D eigenvalue weighted by Crippen LogP contribution is 2.35. The number of carboxylic acid groups (broad SMARTS) is 1. The summed E-state index contributed by atoms with van der Waals surface area (Å²) >= 11 is 1.40. The number of thiazole rings is 1. The molecule has 100 valence electrons. The number of benzene rings is 1. The fourth-order valence-electron chi connectivity index (χ4n) is 1.72. The minimum absolute atomic E-state index is 0.122. The van der Waals surface area contributed by atoms with Gasteiger partial charge in [-0.1, -0.05) is 29.5 Å². The Kier molecular flexibility index (Phi) is 3.57. The van der Waals surface area contributed by atoms with Gasteiger partial charge in [-0.15, -0.1) is 0 Å². The van der Waals surface area contributed by atoms with E-state index in [0.717, 1.165) is 11.1 Å². The van der Waals surface area contributed by atoms with Crippen molar-refractivity contribution in [2.45, 2.75) is 13.8 Å². The maximum absolute atomic E-state index is 11.3. The van der Waals surface area contributed by atoms with Crippen LogP contribution in [0, 0.1) is 13.8 Å². The monoisotopic (exact) mass is 276 g/mol. The summed E-state index contributed by atoms with van der Waals surface area (Å²) in [6.45, 7) is 4.06. The first-order valence-electron chi connectivity index (χ1n) is 5.89. The maximum atomic E-state index is 11.3.